The van der Waals surface area contributed by atoms with Gasteiger partial charge < -0.3 is 43.2 Å². The number of benzene rings is 1. The molecule has 0 saturated heterocycles. The standard InChI is InChI=1S/C26H39N9O5S/c1-41-11-9-19(25(39)40)33-24(38)21(13-17-14-30-15-32-17)35-23(37)20(12-16-6-3-2-4-7-16)34-22(36)18(27)8-5-10-31-26(28)29/h2-4,6-7,14-15,18-21H,5,8-13,27H2,1H3,(H,30,32)(H,33,38)(H,34,36)(H,35,37)(H,39,40)(H4,28,29,31). The molecule has 0 bridgehead atoms. The predicted molar refractivity (Wildman–Crippen MR) is 157 cm³/mol. The first-order valence-corrected chi connectivity index (χ1v) is 14.4. The lowest BCUT2D eigenvalue weighted by Gasteiger charge is -2.25. The van der Waals surface area contributed by atoms with Crippen molar-refractivity contribution in [3.8, 4) is 0 Å². The zero-order valence-electron chi connectivity index (χ0n) is 22.9. The molecule has 1 aromatic carbocycles. The molecule has 3 amide bonds. The number of nitrogens with zero attached hydrogens (tertiary/aromatic N) is 2. The number of carboxylic acids is 1. The minimum atomic E-state index is -1.18. The molecule has 0 aliphatic carbocycles. The number of hydrogen-bond donors (Lipinski definition) is 8. The van der Waals surface area contributed by atoms with Gasteiger partial charge in [0.15, 0.2) is 5.96 Å². The lowest BCUT2D eigenvalue weighted by atomic mass is 10.0. The third kappa shape index (κ3) is 12.3. The van der Waals surface area contributed by atoms with E-state index in [0.717, 1.165) is 5.56 Å². The maximum absolute atomic E-state index is 13.5. The van der Waals surface area contributed by atoms with Gasteiger partial charge in [0, 0.05) is 31.3 Å². The van der Waals surface area contributed by atoms with Crippen LogP contribution in [0.25, 0.3) is 0 Å². The van der Waals surface area contributed by atoms with Crippen LogP contribution in [0.2, 0.25) is 0 Å². The molecule has 0 aliphatic rings. The second kappa shape index (κ2) is 17.6. The van der Waals surface area contributed by atoms with E-state index in [1.54, 1.807) is 24.3 Å². The molecule has 2 rings (SSSR count). The van der Waals surface area contributed by atoms with E-state index < -0.39 is 47.9 Å². The fourth-order valence-corrected chi connectivity index (χ4v) is 4.32. The van der Waals surface area contributed by atoms with E-state index in [4.69, 9.17) is 17.2 Å². The first-order valence-electron chi connectivity index (χ1n) is 13.1. The fourth-order valence-electron chi connectivity index (χ4n) is 3.85. The number of aromatic amines is 1. The Bertz CT molecular complexity index is 1140. The molecular weight excluding hydrogens is 550 g/mol. The highest BCUT2D eigenvalue weighted by Gasteiger charge is 2.31. The molecule has 0 aliphatic heterocycles. The molecule has 41 heavy (non-hydrogen) atoms. The van der Waals surface area contributed by atoms with Crippen LogP contribution in [0.3, 0.4) is 0 Å². The van der Waals surface area contributed by atoms with Crippen molar-refractivity contribution in [2.24, 2.45) is 22.2 Å². The summed E-state index contributed by atoms with van der Waals surface area (Å²) in [6.07, 6.45) is 5.85. The highest BCUT2D eigenvalue weighted by molar-refractivity contribution is 7.98. The number of nitrogens with one attached hydrogen (secondary N) is 4. The average Bonchev–Trinajstić information content (AvgIpc) is 3.45. The third-order valence-corrected chi connectivity index (χ3v) is 6.70. The van der Waals surface area contributed by atoms with Gasteiger partial charge in [-0.15, -0.1) is 0 Å². The molecular formula is C26H39N9O5S. The van der Waals surface area contributed by atoms with Crippen molar-refractivity contribution in [1.82, 2.24) is 25.9 Å². The summed E-state index contributed by atoms with van der Waals surface area (Å²) in [6.45, 7) is 0.302. The Kier molecular flexibility index (Phi) is 14.2. The van der Waals surface area contributed by atoms with Gasteiger partial charge in [0.2, 0.25) is 17.7 Å². The Morgan fingerprint density at radius 2 is 1.61 bits per heavy atom. The number of thioether (sulfide) groups is 1. The van der Waals surface area contributed by atoms with E-state index in [1.165, 1.54) is 24.3 Å². The highest BCUT2D eigenvalue weighted by atomic mass is 32.2. The molecule has 0 saturated carbocycles. The number of carboxylic acid groups (broad SMARTS) is 1. The van der Waals surface area contributed by atoms with E-state index in [2.05, 4.69) is 30.9 Å². The van der Waals surface area contributed by atoms with Crippen LogP contribution in [0.15, 0.2) is 47.8 Å². The summed E-state index contributed by atoms with van der Waals surface area (Å²) in [5.74, 6) is -2.58. The Balaban J connectivity index is 2.21. The second-order valence-corrected chi connectivity index (χ2v) is 10.3. The number of aromatic nitrogens is 2. The van der Waals surface area contributed by atoms with Gasteiger partial charge in [-0.25, -0.2) is 9.78 Å². The molecule has 15 heteroatoms. The topological polar surface area (TPSA) is 244 Å². The maximum Gasteiger partial charge on any atom is 0.326 e. The Labute approximate surface area is 242 Å². The van der Waals surface area contributed by atoms with Gasteiger partial charge >= 0.3 is 5.97 Å². The third-order valence-electron chi connectivity index (χ3n) is 6.06. The molecule has 0 radical (unpaired) electrons. The van der Waals surface area contributed by atoms with Crippen LogP contribution >= 0.6 is 11.8 Å². The molecule has 0 spiro atoms. The molecule has 4 atom stereocenters. The van der Waals surface area contributed by atoms with Crippen molar-refractivity contribution < 1.29 is 24.3 Å². The van der Waals surface area contributed by atoms with Crippen molar-refractivity contribution in [2.45, 2.75) is 56.3 Å². The molecule has 224 valence electrons. The summed E-state index contributed by atoms with van der Waals surface area (Å²) < 4.78 is 0. The zero-order valence-corrected chi connectivity index (χ0v) is 23.7. The van der Waals surface area contributed by atoms with E-state index in [1.807, 2.05) is 12.3 Å². The van der Waals surface area contributed by atoms with Gasteiger partial charge in [-0.05, 0) is 36.8 Å². The number of hydrogen-bond acceptors (Lipinski definition) is 8. The normalized spacial score (nSPS) is 13.7. The lowest BCUT2D eigenvalue weighted by Crippen LogP contribution is -2.58. The predicted octanol–water partition coefficient (Wildman–Crippen LogP) is -1.13. The number of aliphatic carboxylic acids is 1. The summed E-state index contributed by atoms with van der Waals surface area (Å²) in [5, 5.41) is 17.5. The van der Waals surface area contributed by atoms with Crippen LogP contribution in [0.5, 0.6) is 0 Å². The number of nitrogens with two attached hydrogens (primary N) is 3. The van der Waals surface area contributed by atoms with Crippen LogP contribution < -0.4 is 33.2 Å². The van der Waals surface area contributed by atoms with E-state index >= 15 is 0 Å². The monoisotopic (exact) mass is 589 g/mol. The number of aliphatic imine (C=N–C) groups is 1. The molecule has 0 fully saturated rings. The zero-order chi connectivity index (χ0) is 30.2. The van der Waals surface area contributed by atoms with Crippen molar-refractivity contribution in [3.63, 3.8) is 0 Å². The molecule has 4 unspecified atom stereocenters. The molecule has 1 heterocycles. The van der Waals surface area contributed by atoms with Crippen molar-refractivity contribution in [1.29, 1.82) is 0 Å². The number of H-pyrrole nitrogens is 1. The molecule has 14 nitrogen and oxygen atoms in total. The number of carbonyl (C=O) groups excluding carboxylic acids is 3. The van der Waals surface area contributed by atoms with E-state index in [9.17, 15) is 24.3 Å². The first kappa shape index (κ1) is 33.1. The van der Waals surface area contributed by atoms with E-state index in [-0.39, 0.29) is 31.6 Å². The smallest absolute Gasteiger partial charge is 0.326 e. The summed E-state index contributed by atoms with van der Waals surface area (Å²) >= 11 is 1.45. The summed E-state index contributed by atoms with van der Waals surface area (Å²) in [5.41, 5.74) is 18.0. The fraction of sp³-hybridized carbons (Fsp3) is 0.462. The number of carbonyl (C=O) groups is 4. The SMILES string of the molecule is CSCCC(NC(=O)C(Cc1cnc[nH]1)NC(=O)C(Cc1ccccc1)NC(=O)C(N)CCCN=C(N)N)C(=O)O. The number of rotatable bonds is 18. The van der Waals surface area contributed by atoms with Crippen LogP contribution in [0, 0.1) is 0 Å². The van der Waals surface area contributed by atoms with Gasteiger partial charge in [-0.3, -0.25) is 19.4 Å². The van der Waals surface area contributed by atoms with Gasteiger partial charge in [-0.1, -0.05) is 30.3 Å². The molecule has 1 aromatic heterocycles. The Morgan fingerprint density at radius 1 is 0.976 bits per heavy atom. The van der Waals surface area contributed by atoms with Crippen LogP contribution in [0.4, 0.5) is 0 Å². The van der Waals surface area contributed by atoms with Crippen LogP contribution in [-0.4, -0.2) is 87.4 Å². The van der Waals surface area contributed by atoms with Crippen LogP contribution in [-0.2, 0) is 32.0 Å². The highest BCUT2D eigenvalue weighted by Crippen LogP contribution is 2.08. The van der Waals surface area contributed by atoms with Gasteiger partial charge in [-0.2, -0.15) is 11.8 Å². The minimum Gasteiger partial charge on any atom is -0.480 e. The van der Waals surface area contributed by atoms with Gasteiger partial charge in [0.25, 0.3) is 0 Å². The minimum absolute atomic E-state index is 0.0166. The van der Waals surface area contributed by atoms with Crippen LogP contribution in [0.1, 0.15) is 30.5 Å². The number of amides is 3. The molecule has 2 aromatic rings. The second-order valence-electron chi connectivity index (χ2n) is 9.33. The quantitative estimate of drug-likeness (QED) is 0.0590. The first-order chi connectivity index (χ1) is 19.6. The van der Waals surface area contributed by atoms with Crippen molar-refractivity contribution in [2.75, 3.05) is 18.6 Å². The summed E-state index contributed by atoms with van der Waals surface area (Å²) in [6, 6.07) is 4.76. The van der Waals surface area contributed by atoms with Gasteiger partial charge in [0.1, 0.15) is 18.1 Å². The summed E-state index contributed by atoms with van der Waals surface area (Å²) in [4.78, 5) is 62.1. The maximum atomic E-state index is 13.5. The summed E-state index contributed by atoms with van der Waals surface area (Å²) in [7, 11) is 0. The van der Waals surface area contributed by atoms with Crippen molar-refractivity contribution in [3.05, 3.63) is 54.1 Å². The molecule has 11 N–H and O–H groups in total. The van der Waals surface area contributed by atoms with Crippen molar-refractivity contribution >= 4 is 41.4 Å². The van der Waals surface area contributed by atoms with E-state index in [0.29, 0.717) is 24.4 Å². The average molecular weight is 590 g/mol. The Morgan fingerprint density at radius 3 is 2.20 bits per heavy atom. The number of imidazole rings is 1. The largest absolute Gasteiger partial charge is 0.480 e. The lowest BCUT2D eigenvalue weighted by molar-refractivity contribution is -0.142. The number of guanidine groups is 1. The van der Waals surface area contributed by atoms with Gasteiger partial charge in [0.05, 0.1) is 12.4 Å². The Hall–Kier alpha value is -4.11.